The third-order valence-electron chi connectivity index (χ3n) is 20.8. The second-order valence-electron chi connectivity index (χ2n) is 27.2. The summed E-state index contributed by atoms with van der Waals surface area (Å²) < 4.78 is 18.8. The summed E-state index contributed by atoms with van der Waals surface area (Å²) in [6.07, 6.45) is 0. The average molecular weight is 1300 g/mol. The number of fused-ring (bicyclic) bond motifs is 18. The van der Waals surface area contributed by atoms with Gasteiger partial charge in [0, 0.05) is 49.0 Å². The second kappa shape index (κ2) is 24.7. The van der Waals surface area contributed by atoms with Crippen LogP contribution in [0.2, 0.25) is 0 Å². The molecule has 480 valence electrons. The highest BCUT2D eigenvalue weighted by Crippen LogP contribution is 2.44. The molecule has 3 aromatic heterocycles. The molecule has 0 radical (unpaired) electrons. The molecule has 102 heavy (non-hydrogen) atoms. The van der Waals surface area contributed by atoms with E-state index in [0.717, 1.165) is 99.2 Å². The van der Waals surface area contributed by atoms with Gasteiger partial charge in [0.1, 0.15) is 33.5 Å². The Labute approximate surface area is 590 Å². The molecule has 0 aliphatic heterocycles. The fourth-order valence-corrected chi connectivity index (χ4v) is 15.8. The van der Waals surface area contributed by atoms with Crippen LogP contribution in [0.15, 0.2) is 359 Å². The number of aryl methyl sites for hydroxylation is 3. The molecule has 0 spiro atoms. The van der Waals surface area contributed by atoms with Gasteiger partial charge in [-0.1, -0.05) is 326 Å². The van der Waals surface area contributed by atoms with E-state index in [1.807, 2.05) is 36.4 Å². The molecule has 21 rings (SSSR count). The van der Waals surface area contributed by atoms with Crippen molar-refractivity contribution in [2.75, 3.05) is 0 Å². The quantitative estimate of drug-likeness (QED) is 0.156. The lowest BCUT2D eigenvalue weighted by atomic mass is 9.91. The molecule has 0 bridgehead atoms. The lowest BCUT2D eigenvalue weighted by molar-refractivity contribution is 0.669. The molecule has 3 heteroatoms. The average Bonchev–Trinajstić information content (AvgIpc) is 1.34. The zero-order valence-corrected chi connectivity index (χ0v) is 56.6. The van der Waals surface area contributed by atoms with Gasteiger partial charge in [-0.2, -0.15) is 0 Å². The van der Waals surface area contributed by atoms with Gasteiger partial charge < -0.3 is 13.3 Å². The summed E-state index contributed by atoms with van der Waals surface area (Å²) >= 11 is 0. The van der Waals surface area contributed by atoms with E-state index >= 15 is 0 Å². The molecule has 0 aliphatic rings. The highest BCUT2D eigenvalue weighted by atomic mass is 16.3. The first-order valence-electron chi connectivity index (χ1n) is 35.1. The Balaban J connectivity index is 0.000000106. The molecule has 0 saturated heterocycles. The van der Waals surface area contributed by atoms with Gasteiger partial charge in [-0.25, -0.2) is 0 Å². The van der Waals surface area contributed by atoms with E-state index in [2.05, 4.69) is 330 Å². The van der Waals surface area contributed by atoms with Crippen molar-refractivity contribution < 1.29 is 13.3 Å². The molecule has 18 aromatic carbocycles. The molecular formula is C99H66O3. The maximum atomic E-state index is 6.27. The molecule has 0 atom stereocenters. The lowest BCUT2D eigenvalue weighted by Gasteiger charge is -2.12. The van der Waals surface area contributed by atoms with Crippen molar-refractivity contribution in [3.8, 4) is 66.8 Å². The summed E-state index contributed by atoms with van der Waals surface area (Å²) in [6, 6.07) is 124. The first-order valence-corrected chi connectivity index (χ1v) is 35.1. The molecule has 21 aromatic rings. The Hall–Kier alpha value is -13.1. The Bertz CT molecular complexity index is 6880. The van der Waals surface area contributed by atoms with Gasteiger partial charge in [0.2, 0.25) is 0 Å². The van der Waals surface area contributed by atoms with E-state index in [1.165, 1.54) is 115 Å². The standard InChI is InChI=1S/3C33H22O/c1-21-13-18-27-30(20-24-7-2-3-8-25(24)31(27)19-21)23-16-14-22(15-17-23)26-10-6-11-29-28-9-4-5-12-32(28)34-33(26)29;1-21-13-18-27-25-8-3-2-7-24(25)20-30(31(27)19-21)23-16-14-22(15-17-23)26-10-6-11-29-28-9-4-5-12-32(28)34-33(26)29;1-21-13-14-24-20-31(27-8-3-2-7-26(27)30(24)19-21)23-17-15-22(16-18-23)25-10-6-11-29-28-9-4-5-12-32(28)34-33(25)29/h3*2-20H,1H3. The van der Waals surface area contributed by atoms with Crippen LogP contribution in [0.4, 0.5) is 0 Å². The van der Waals surface area contributed by atoms with Crippen LogP contribution in [0.1, 0.15) is 16.7 Å². The summed E-state index contributed by atoms with van der Waals surface area (Å²) in [5.74, 6) is 0. The normalized spacial score (nSPS) is 11.7. The van der Waals surface area contributed by atoms with Crippen molar-refractivity contribution in [1.82, 2.24) is 0 Å². The van der Waals surface area contributed by atoms with Gasteiger partial charge in [0.05, 0.1) is 0 Å². The van der Waals surface area contributed by atoms with Gasteiger partial charge in [-0.15, -0.1) is 0 Å². The third kappa shape index (κ3) is 10.4. The van der Waals surface area contributed by atoms with Crippen LogP contribution in [0.5, 0.6) is 0 Å². The number of hydrogen-bond donors (Lipinski definition) is 0. The summed E-state index contributed by atoms with van der Waals surface area (Å²) in [7, 11) is 0. The Morgan fingerprint density at radius 2 is 0.431 bits per heavy atom. The number of para-hydroxylation sites is 6. The molecule has 0 unspecified atom stereocenters. The van der Waals surface area contributed by atoms with Crippen molar-refractivity contribution in [3.05, 3.63) is 362 Å². The van der Waals surface area contributed by atoms with Gasteiger partial charge >= 0.3 is 0 Å². The van der Waals surface area contributed by atoms with E-state index in [4.69, 9.17) is 13.3 Å². The van der Waals surface area contributed by atoms with Crippen molar-refractivity contribution in [2.24, 2.45) is 0 Å². The first-order chi connectivity index (χ1) is 50.3. The summed E-state index contributed by atoms with van der Waals surface area (Å²) in [4.78, 5) is 0. The Kier molecular flexibility index (Phi) is 14.6. The lowest BCUT2D eigenvalue weighted by Crippen LogP contribution is -1.86. The second-order valence-corrected chi connectivity index (χ2v) is 27.2. The van der Waals surface area contributed by atoms with Crippen LogP contribution in [0.3, 0.4) is 0 Å². The SMILES string of the molecule is Cc1ccc2c(-c3ccc(-c4cccc5c4oc4ccccc45)cc3)cc3ccccc3c2c1.Cc1ccc2c(c1)c(-c1ccc(-c3cccc4c3oc3ccccc34)cc1)cc1ccccc12.Cc1ccc2cc(-c3ccc(-c4cccc5c4oc4ccccc45)cc3)c3ccccc3c2c1. The molecule has 3 nitrogen and oxygen atoms in total. The first kappa shape index (κ1) is 60.1. The van der Waals surface area contributed by atoms with Crippen LogP contribution < -0.4 is 0 Å². The van der Waals surface area contributed by atoms with Crippen molar-refractivity contribution in [2.45, 2.75) is 20.8 Å². The number of benzene rings is 18. The molecule has 3 heterocycles. The fourth-order valence-electron chi connectivity index (χ4n) is 15.8. The largest absolute Gasteiger partial charge is 0.455 e. The van der Waals surface area contributed by atoms with Crippen LogP contribution in [0.25, 0.3) is 197 Å². The van der Waals surface area contributed by atoms with Gasteiger partial charge in [0.15, 0.2) is 0 Å². The fraction of sp³-hybridized carbons (Fsp3) is 0.0303. The van der Waals surface area contributed by atoms with Gasteiger partial charge in [-0.05, 0) is 172 Å². The summed E-state index contributed by atoms with van der Waals surface area (Å²) in [5, 5.41) is 22.5. The van der Waals surface area contributed by atoms with Crippen molar-refractivity contribution in [3.63, 3.8) is 0 Å². The van der Waals surface area contributed by atoms with Gasteiger partial charge in [-0.3, -0.25) is 0 Å². The van der Waals surface area contributed by atoms with E-state index in [1.54, 1.807) is 0 Å². The van der Waals surface area contributed by atoms with Gasteiger partial charge in [0.25, 0.3) is 0 Å². The van der Waals surface area contributed by atoms with Crippen LogP contribution in [-0.4, -0.2) is 0 Å². The van der Waals surface area contributed by atoms with Crippen LogP contribution >= 0.6 is 0 Å². The van der Waals surface area contributed by atoms with E-state index in [0.29, 0.717) is 0 Å². The maximum Gasteiger partial charge on any atom is 0.143 e. The molecule has 0 aliphatic carbocycles. The summed E-state index contributed by atoms with van der Waals surface area (Å²) in [6.45, 7) is 6.48. The van der Waals surface area contributed by atoms with Crippen LogP contribution in [0, 0.1) is 20.8 Å². The van der Waals surface area contributed by atoms with Crippen molar-refractivity contribution >= 4 is 130 Å². The maximum absolute atomic E-state index is 6.27. The highest BCUT2D eigenvalue weighted by Gasteiger charge is 2.19. The number of rotatable bonds is 6. The topological polar surface area (TPSA) is 39.4 Å². The van der Waals surface area contributed by atoms with E-state index in [9.17, 15) is 0 Å². The number of furan rings is 3. The monoisotopic (exact) mass is 1300 g/mol. The minimum atomic E-state index is 0.930. The summed E-state index contributed by atoms with van der Waals surface area (Å²) in [5.41, 5.74) is 23.8. The predicted octanol–water partition coefficient (Wildman–Crippen LogP) is 28.6. The minimum absolute atomic E-state index is 0.930. The number of hydrogen-bond acceptors (Lipinski definition) is 3. The molecule has 0 fully saturated rings. The Morgan fingerprint density at radius 1 is 0.157 bits per heavy atom. The molecule has 0 amide bonds. The molecule has 0 N–H and O–H groups in total. The van der Waals surface area contributed by atoms with Crippen LogP contribution in [-0.2, 0) is 0 Å². The van der Waals surface area contributed by atoms with E-state index < -0.39 is 0 Å². The predicted molar refractivity (Wildman–Crippen MR) is 433 cm³/mol. The zero-order valence-electron chi connectivity index (χ0n) is 56.6. The third-order valence-corrected chi connectivity index (χ3v) is 20.8. The Morgan fingerprint density at radius 3 is 0.863 bits per heavy atom. The minimum Gasteiger partial charge on any atom is -0.455 e. The van der Waals surface area contributed by atoms with Crippen molar-refractivity contribution in [1.29, 1.82) is 0 Å². The molecular weight excluding hydrogens is 1240 g/mol. The molecule has 0 saturated carbocycles. The highest BCUT2D eigenvalue weighted by molar-refractivity contribution is 6.18. The van der Waals surface area contributed by atoms with E-state index in [-0.39, 0.29) is 0 Å². The smallest absolute Gasteiger partial charge is 0.143 e. The zero-order chi connectivity index (χ0) is 67.9.